The molecule has 1 saturated heterocycles. The normalized spacial score (nSPS) is 17.0. The van der Waals surface area contributed by atoms with Crippen molar-refractivity contribution in [3.8, 4) is 17.2 Å². The maximum absolute atomic E-state index is 13.3. The van der Waals surface area contributed by atoms with E-state index in [4.69, 9.17) is 14.2 Å². The highest BCUT2D eigenvalue weighted by Gasteiger charge is 2.47. The first kappa shape index (κ1) is 22.9. The average Bonchev–Trinajstić information content (AvgIpc) is 3.14. The third-order valence-corrected chi connectivity index (χ3v) is 5.63. The largest absolute Gasteiger partial charge is 0.507 e. The van der Waals surface area contributed by atoms with Crippen molar-refractivity contribution in [3.05, 3.63) is 89.5 Å². The number of ketones is 1. The van der Waals surface area contributed by atoms with Crippen LogP contribution in [0.5, 0.6) is 17.2 Å². The standard InChI is InChI=1S/C27H25NO6/c1-4-34-20-12-8-9-17(15-20)24-23(25(29)21-16-19(32-2)13-14-22(21)33-3)26(30)27(31)28(24)18-10-6-5-7-11-18/h5-16,24,29H,4H2,1-3H3/b25-23+. The Morgan fingerprint density at radius 2 is 1.68 bits per heavy atom. The molecule has 34 heavy (non-hydrogen) atoms. The van der Waals surface area contributed by atoms with E-state index in [-0.39, 0.29) is 16.9 Å². The molecule has 1 N–H and O–H groups in total. The summed E-state index contributed by atoms with van der Waals surface area (Å²) < 4.78 is 16.3. The number of hydrogen-bond donors (Lipinski definition) is 1. The van der Waals surface area contributed by atoms with Gasteiger partial charge in [0.15, 0.2) is 0 Å². The molecule has 0 bridgehead atoms. The lowest BCUT2D eigenvalue weighted by atomic mass is 9.94. The highest BCUT2D eigenvalue weighted by molar-refractivity contribution is 6.51. The van der Waals surface area contributed by atoms with Gasteiger partial charge in [-0.25, -0.2) is 0 Å². The van der Waals surface area contributed by atoms with Crippen LogP contribution in [0, 0.1) is 0 Å². The summed E-state index contributed by atoms with van der Waals surface area (Å²) in [6, 6.07) is 20.0. The van der Waals surface area contributed by atoms with Gasteiger partial charge in [-0.1, -0.05) is 30.3 Å². The number of rotatable bonds is 7. The van der Waals surface area contributed by atoms with Gasteiger partial charge >= 0.3 is 0 Å². The van der Waals surface area contributed by atoms with Crippen molar-refractivity contribution in [1.29, 1.82) is 0 Å². The van der Waals surface area contributed by atoms with E-state index in [0.29, 0.717) is 35.1 Å². The molecule has 1 fully saturated rings. The zero-order valence-corrected chi connectivity index (χ0v) is 19.1. The Balaban J connectivity index is 1.98. The van der Waals surface area contributed by atoms with Crippen LogP contribution in [0.4, 0.5) is 5.69 Å². The second-order valence-electron chi connectivity index (χ2n) is 7.58. The summed E-state index contributed by atoms with van der Waals surface area (Å²) in [6.07, 6.45) is 0. The molecule has 1 unspecified atom stereocenters. The number of anilines is 1. The van der Waals surface area contributed by atoms with E-state index in [2.05, 4.69) is 0 Å². The molecule has 3 aromatic carbocycles. The zero-order valence-electron chi connectivity index (χ0n) is 19.1. The molecular formula is C27H25NO6. The minimum Gasteiger partial charge on any atom is -0.507 e. The second-order valence-corrected chi connectivity index (χ2v) is 7.58. The van der Waals surface area contributed by atoms with Gasteiger partial charge in [0.1, 0.15) is 23.0 Å². The molecule has 1 amide bonds. The van der Waals surface area contributed by atoms with Crippen LogP contribution in [0.1, 0.15) is 24.1 Å². The Bertz CT molecular complexity index is 1250. The van der Waals surface area contributed by atoms with Gasteiger partial charge < -0.3 is 19.3 Å². The van der Waals surface area contributed by atoms with Gasteiger partial charge in [-0.05, 0) is 55.0 Å². The Kier molecular flexibility index (Phi) is 6.54. The van der Waals surface area contributed by atoms with E-state index in [1.54, 1.807) is 66.7 Å². The highest BCUT2D eigenvalue weighted by atomic mass is 16.5. The smallest absolute Gasteiger partial charge is 0.300 e. The van der Waals surface area contributed by atoms with Gasteiger partial charge in [0.05, 0.1) is 38.0 Å². The van der Waals surface area contributed by atoms with Crippen molar-refractivity contribution in [3.63, 3.8) is 0 Å². The molecule has 3 aromatic rings. The topological polar surface area (TPSA) is 85.3 Å². The van der Waals surface area contributed by atoms with E-state index in [1.165, 1.54) is 19.1 Å². The summed E-state index contributed by atoms with van der Waals surface area (Å²) in [5.74, 6) is -0.475. The van der Waals surface area contributed by atoms with Crippen molar-refractivity contribution in [2.75, 3.05) is 25.7 Å². The third-order valence-electron chi connectivity index (χ3n) is 5.63. The van der Waals surface area contributed by atoms with Crippen LogP contribution in [0.3, 0.4) is 0 Å². The quantitative estimate of drug-likeness (QED) is 0.312. The van der Waals surface area contributed by atoms with Gasteiger partial charge in [0, 0.05) is 5.69 Å². The summed E-state index contributed by atoms with van der Waals surface area (Å²) in [5.41, 5.74) is 1.36. The van der Waals surface area contributed by atoms with E-state index in [0.717, 1.165) is 0 Å². The number of methoxy groups -OCH3 is 2. The van der Waals surface area contributed by atoms with Gasteiger partial charge in [-0.15, -0.1) is 0 Å². The van der Waals surface area contributed by atoms with Crippen molar-refractivity contribution < 1.29 is 28.9 Å². The van der Waals surface area contributed by atoms with Crippen LogP contribution in [0.2, 0.25) is 0 Å². The first-order chi connectivity index (χ1) is 16.5. The van der Waals surface area contributed by atoms with Crippen LogP contribution >= 0.6 is 0 Å². The number of Topliss-reactive ketones (excluding diaryl/α,β-unsaturated/α-hetero) is 1. The van der Waals surface area contributed by atoms with Crippen LogP contribution in [-0.4, -0.2) is 37.6 Å². The lowest BCUT2D eigenvalue weighted by Crippen LogP contribution is -2.29. The number of carbonyl (C=O) groups is 2. The Hall–Kier alpha value is -4.26. The lowest BCUT2D eigenvalue weighted by molar-refractivity contribution is -0.132. The van der Waals surface area contributed by atoms with E-state index in [1.807, 2.05) is 13.0 Å². The van der Waals surface area contributed by atoms with E-state index in [9.17, 15) is 14.7 Å². The molecule has 1 heterocycles. The Labute approximate surface area is 197 Å². The summed E-state index contributed by atoms with van der Waals surface area (Å²) in [7, 11) is 2.96. The van der Waals surface area contributed by atoms with E-state index < -0.39 is 17.7 Å². The van der Waals surface area contributed by atoms with Crippen molar-refractivity contribution >= 4 is 23.1 Å². The summed E-state index contributed by atoms with van der Waals surface area (Å²) in [5, 5.41) is 11.4. The fourth-order valence-corrected chi connectivity index (χ4v) is 4.09. The first-order valence-electron chi connectivity index (χ1n) is 10.8. The summed E-state index contributed by atoms with van der Waals surface area (Å²) in [4.78, 5) is 28.0. The lowest BCUT2D eigenvalue weighted by Gasteiger charge is -2.26. The maximum atomic E-state index is 13.3. The fraction of sp³-hybridized carbons (Fsp3) is 0.185. The van der Waals surface area contributed by atoms with Crippen LogP contribution in [0.15, 0.2) is 78.4 Å². The molecule has 174 valence electrons. The number of aliphatic hydroxyl groups is 1. The molecule has 0 saturated carbocycles. The highest BCUT2D eigenvalue weighted by Crippen LogP contribution is 2.44. The number of amides is 1. The number of para-hydroxylation sites is 1. The molecule has 7 nitrogen and oxygen atoms in total. The summed E-state index contributed by atoms with van der Waals surface area (Å²) >= 11 is 0. The van der Waals surface area contributed by atoms with Crippen LogP contribution in [0.25, 0.3) is 5.76 Å². The maximum Gasteiger partial charge on any atom is 0.300 e. The zero-order chi connectivity index (χ0) is 24.2. The number of benzene rings is 3. The number of nitrogens with zero attached hydrogens (tertiary/aromatic N) is 1. The molecule has 1 aliphatic heterocycles. The summed E-state index contributed by atoms with van der Waals surface area (Å²) in [6.45, 7) is 2.33. The number of ether oxygens (including phenoxy) is 3. The molecule has 4 rings (SSSR count). The van der Waals surface area contributed by atoms with Gasteiger partial charge in [0.25, 0.3) is 11.7 Å². The molecular weight excluding hydrogens is 434 g/mol. The Morgan fingerprint density at radius 1 is 0.912 bits per heavy atom. The number of hydrogen-bond acceptors (Lipinski definition) is 6. The van der Waals surface area contributed by atoms with E-state index >= 15 is 0 Å². The first-order valence-corrected chi connectivity index (χ1v) is 10.8. The molecule has 0 radical (unpaired) electrons. The molecule has 1 atom stereocenters. The molecule has 0 aliphatic carbocycles. The molecule has 0 spiro atoms. The third kappa shape index (κ3) is 4.08. The van der Waals surface area contributed by atoms with Crippen LogP contribution < -0.4 is 19.1 Å². The molecule has 7 heteroatoms. The molecule has 1 aliphatic rings. The minimum absolute atomic E-state index is 0.0472. The Morgan fingerprint density at radius 3 is 2.35 bits per heavy atom. The van der Waals surface area contributed by atoms with Gasteiger partial charge in [-0.2, -0.15) is 0 Å². The van der Waals surface area contributed by atoms with Crippen LogP contribution in [-0.2, 0) is 9.59 Å². The van der Waals surface area contributed by atoms with Gasteiger partial charge in [0.2, 0.25) is 0 Å². The van der Waals surface area contributed by atoms with Crippen molar-refractivity contribution in [1.82, 2.24) is 0 Å². The molecule has 0 aromatic heterocycles. The number of aliphatic hydroxyl groups excluding tert-OH is 1. The van der Waals surface area contributed by atoms with Crippen molar-refractivity contribution in [2.24, 2.45) is 0 Å². The SMILES string of the molecule is CCOc1cccc(C2/C(=C(\O)c3cc(OC)ccc3OC)C(=O)C(=O)N2c2ccccc2)c1. The van der Waals surface area contributed by atoms with Crippen molar-refractivity contribution in [2.45, 2.75) is 13.0 Å². The fourth-order valence-electron chi connectivity index (χ4n) is 4.09. The predicted octanol–water partition coefficient (Wildman–Crippen LogP) is 4.73. The average molecular weight is 459 g/mol. The predicted molar refractivity (Wildman–Crippen MR) is 128 cm³/mol. The van der Waals surface area contributed by atoms with Gasteiger partial charge in [-0.3, -0.25) is 14.5 Å². The minimum atomic E-state index is -0.876. The monoisotopic (exact) mass is 459 g/mol. The number of carbonyl (C=O) groups excluding carboxylic acids is 2. The second kappa shape index (κ2) is 9.70.